The van der Waals surface area contributed by atoms with Crippen molar-refractivity contribution >= 4 is 11.6 Å². The highest BCUT2D eigenvalue weighted by atomic mass is 35.5. The Balaban J connectivity index is 2.52. The predicted octanol–water partition coefficient (Wildman–Crippen LogP) is 2.82. The summed E-state index contributed by atoms with van der Waals surface area (Å²) >= 11 is 6.14. The van der Waals surface area contributed by atoms with Gasteiger partial charge >= 0.3 is 0 Å². The van der Waals surface area contributed by atoms with Gasteiger partial charge in [-0.25, -0.2) is 4.68 Å². The maximum Gasteiger partial charge on any atom is 0.103 e. The van der Waals surface area contributed by atoms with E-state index >= 15 is 0 Å². The SMILES string of the molecule is CNC(C)c1nnn(-c2cccc(Cl)c2C)c1C. The summed E-state index contributed by atoms with van der Waals surface area (Å²) < 4.78 is 1.84. The Hall–Kier alpha value is -1.39. The number of benzene rings is 1. The van der Waals surface area contributed by atoms with Crippen LogP contribution in [0.3, 0.4) is 0 Å². The van der Waals surface area contributed by atoms with E-state index in [2.05, 4.69) is 22.6 Å². The van der Waals surface area contributed by atoms with Crippen molar-refractivity contribution in [1.29, 1.82) is 0 Å². The Morgan fingerprint density at radius 2 is 2.06 bits per heavy atom. The van der Waals surface area contributed by atoms with Gasteiger partial charge in [0.05, 0.1) is 17.4 Å². The standard InChI is InChI=1S/C13H17ClN4/c1-8-11(14)6-5-7-12(8)18-10(3)13(16-17-18)9(2)15-4/h5-7,9,15H,1-4H3. The van der Waals surface area contributed by atoms with E-state index in [1.165, 1.54) is 0 Å². The predicted molar refractivity (Wildman–Crippen MR) is 73.3 cm³/mol. The van der Waals surface area contributed by atoms with Gasteiger partial charge in [0.15, 0.2) is 0 Å². The van der Waals surface area contributed by atoms with E-state index in [0.29, 0.717) is 0 Å². The molecule has 0 aliphatic carbocycles. The summed E-state index contributed by atoms with van der Waals surface area (Å²) in [6, 6.07) is 5.98. The summed E-state index contributed by atoms with van der Waals surface area (Å²) in [5.74, 6) is 0. The molecule has 0 aliphatic rings. The molecule has 1 aromatic carbocycles. The third-order valence-electron chi connectivity index (χ3n) is 3.24. The van der Waals surface area contributed by atoms with Crippen molar-refractivity contribution in [3.63, 3.8) is 0 Å². The first-order chi connectivity index (χ1) is 8.56. The Bertz CT molecular complexity index is 562. The molecule has 0 spiro atoms. The van der Waals surface area contributed by atoms with E-state index in [1.54, 1.807) is 0 Å². The number of rotatable bonds is 3. The molecule has 2 rings (SSSR count). The Morgan fingerprint density at radius 1 is 1.33 bits per heavy atom. The van der Waals surface area contributed by atoms with Crippen LogP contribution in [0.2, 0.25) is 5.02 Å². The Labute approximate surface area is 112 Å². The molecule has 4 nitrogen and oxygen atoms in total. The highest BCUT2D eigenvalue weighted by molar-refractivity contribution is 6.31. The zero-order chi connectivity index (χ0) is 13.3. The molecule has 96 valence electrons. The number of halogens is 1. The Kier molecular flexibility index (Phi) is 3.68. The van der Waals surface area contributed by atoms with Crippen LogP contribution in [0, 0.1) is 13.8 Å². The quantitative estimate of drug-likeness (QED) is 0.927. The van der Waals surface area contributed by atoms with Gasteiger partial charge in [-0.2, -0.15) is 0 Å². The lowest BCUT2D eigenvalue weighted by molar-refractivity contribution is 0.627. The summed E-state index contributed by atoms with van der Waals surface area (Å²) in [6.07, 6.45) is 0. The first-order valence-electron chi connectivity index (χ1n) is 5.91. The monoisotopic (exact) mass is 264 g/mol. The number of nitrogens with zero attached hydrogens (tertiary/aromatic N) is 3. The van der Waals surface area contributed by atoms with Crippen molar-refractivity contribution in [2.24, 2.45) is 0 Å². The molecule has 0 aliphatic heterocycles. The van der Waals surface area contributed by atoms with Crippen molar-refractivity contribution in [2.75, 3.05) is 7.05 Å². The van der Waals surface area contributed by atoms with Crippen molar-refractivity contribution in [3.05, 3.63) is 40.2 Å². The number of hydrogen-bond donors (Lipinski definition) is 1. The van der Waals surface area contributed by atoms with E-state index in [1.807, 2.05) is 43.8 Å². The summed E-state index contributed by atoms with van der Waals surface area (Å²) in [7, 11) is 1.91. The zero-order valence-corrected chi connectivity index (χ0v) is 11.8. The molecule has 0 radical (unpaired) electrons. The second-order valence-electron chi connectivity index (χ2n) is 4.37. The third kappa shape index (κ3) is 2.13. The lowest BCUT2D eigenvalue weighted by Gasteiger charge is -2.10. The van der Waals surface area contributed by atoms with E-state index in [4.69, 9.17) is 11.6 Å². The number of aromatic nitrogens is 3. The number of nitrogens with one attached hydrogen (secondary N) is 1. The van der Waals surface area contributed by atoms with Gasteiger partial charge in [-0.05, 0) is 45.5 Å². The minimum absolute atomic E-state index is 0.179. The van der Waals surface area contributed by atoms with Gasteiger partial charge in [0.2, 0.25) is 0 Å². The van der Waals surface area contributed by atoms with Crippen LogP contribution in [0.25, 0.3) is 5.69 Å². The molecule has 1 aromatic heterocycles. The molecule has 0 fully saturated rings. The summed E-state index contributed by atoms with van der Waals surface area (Å²) in [5, 5.41) is 12.4. The number of hydrogen-bond acceptors (Lipinski definition) is 3. The fourth-order valence-corrected chi connectivity index (χ4v) is 2.10. The molecule has 1 atom stereocenters. The molecule has 0 bridgehead atoms. The molecule has 0 amide bonds. The molecule has 0 saturated heterocycles. The van der Waals surface area contributed by atoms with Crippen molar-refractivity contribution in [1.82, 2.24) is 20.3 Å². The Morgan fingerprint density at radius 3 is 2.72 bits per heavy atom. The molecule has 5 heteroatoms. The van der Waals surface area contributed by atoms with Crippen molar-refractivity contribution in [3.8, 4) is 5.69 Å². The smallest absolute Gasteiger partial charge is 0.103 e. The van der Waals surface area contributed by atoms with Crippen LogP contribution in [0.1, 0.15) is 29.9 Å². The van der Waals surface area contributed by atoms with E-state index in [9.17, 15) is 0 Å². The molecule has 1 heterocycles. The molecular weight excluding hydrogens is 248 g/mol. The average Bonchev–Trinajstić information content (AvgIpc) is 2.74. The van der Waals surface area contributed by atoms with Gasteiger partial charge in [-0.3, -0.25) is 0 Å². The van der Waals surface area contributed by atoms with Crippen LogP contribution >= 0.6 is 11.6 Å². The molecule has 2 aromatic rings. The van der Waals surface area contributed by atoms with Crippen LogP contribution in [-0.2, 0) is 0 Å². The summed E-state index contributed by atoms with van der Waals surface area (Å²) in [4.78, 5) is 0. The summed E-state index contributed by atoms with van der Waals surface area (Å²) in [6.45, 7) is 6.07. The second kappa shape index (κ2) is 5.08. The van der Waals surface area contributed by atoms with E-state index < -0.39 is 0 Å². The first-order valence-corrected chi connectivity index (χ1v) is 6.29. The van der Waals surface area contributed by atoms with Crippen LogP contribution in [-0.4, -0.2) is 22.0 Å². The molecule has 18 heavy (non-hydrogen) atoms. The van der Waals surface area contributed by atoms with Gasteiger partial charge in [-0.15, -0.1) is 5.10 Å². The fourth-order valence-electron chi connectivity index (χ4n) is 1.93. The van der Waals surface area contributed by atoms with Gasteiger partial charge in [0.1, 0.15) is 5.69 Å². The fraction of sp³-hybridized carbons (Fsp3) is 0.385. The maximum absolute atomic E-state index is 6.14. The highest BCUT2D eigenvalue weighted by Crippen LogP contribution is 2.24. The topological polar surface area (TPSA) is 42.7 Å². The van der Waals surface area contributed by atoms with E-state index in [-0.39, 0.29) is 6.04 Å². The second-order valence-corrected chi connectivity index (χ2v) is 4.77. The van der Waals surface area contributed by atoms with Crippen molar-refractivity contribution < 1.29 is 0 Å². The first kappa shape index (κ1) is 13.1. The third-order valence-corrected chi connectivity index (χ3v) is 3.65. The minimum Gasteiger partial charge on any atom is -0.312 e. The normalized spacial score (nSPS) is 12.7. The van der Waals surface area contributed by atoms with Crippen LogP contribution in [0.5, 0.6) is 0 Å². The zero-order valence-electron chi connectivity index (χ0n) is 11.0. The largest absolute Gasteiger partial charge is 0.312 e. The van der Waals surface area contributed by atoms with Gasteiger partial charge in [0, 0.05) is 5.02 Å². The van der Waals surface area contributed by atoms with Crippen LogP contribution in [0.15, 0.2) is 18.2 Å². The van der Waals surface area contributed by atoms with Gasteiger partial charge in [-0.1, -0.05) is 22.9 Å². The average molecular weight is 265 g/mol. The minimum atomic E-state index is 0.179. The molecule has 1 N–H and O–H groups in total. The molecule has 0 saturated carbocycles. The lowest BCUT2D eigenvalue weighted by atomic mass is 10.1. The maximum atomic E-state index is 6.14. The van der Waals surface area contributed by atoms with E-state index in [0.717, 1.165) is 27.7 Å². The summed E-state index contributed by atoms with van der Waals surface area (Å²) in [5.41, 5.74) is 3.97. The van der Waals surface area contributed by atoms with Crippen molar-refractivity contribution in [2.45, 2.75) is 26.8 Å². The molecular formula is C13H17ClN4. The lowest BCUT2D eigenvalue weighted by Crippen LogP contribution is -2.14. The van der Waals surface area contributed by atoms with Gasteiger partial charge in [0.25, 0.3) is 0 Å². The highest BCUT2D eigenvalue weighted by Gasteiger charge is 2.16. The van der Waals surface area contributed by atoms with Crippen LogP contribution in [0.4, 0.5) is 0 Å². The van der Waals surface area contributed by atoms with Crippen LogP contribution < -0.4 is 5.32 Å². The molecule has 1 unspecified atom stereocenters. The van der Waals surface area contributed by atoms with Gasteiger partial charge < -0.3 is 5.32 Å².